The second kappa shape index (κ2) is 8.90. The fraction of sp³-hybridized carbons (Fsp3) is 0.588. The molecule has 2 aliphatic heterocycles. The van der Waals surface area contributed by atoms with Crippen LogP contribution >= 0.6 is 28.3 Å². The van der Waals surface area contributed by atoms with Gasteiger partial charge >= 0.3 is 0 Å². The van der Waals surface area contributed by atoms with Crippen LogP contribution in [0.3, 0.4) is 0 Å². The average Bonchev–Trinajstić information content (AvgIpc) is 3.10. The number of halogens is 2. The molecular formula is C17H24BrClN2O2. The summed E-state index contributed by atoms with van der Waals surface area (Å²) in [4.78, 5) is 14.3. The van der Waals surface area contributed by atoms with Crippen LogP contribution in [0.25, 0.3) is 0 Å². The smallest absolute Gasteiger partial charge is 0.222 e. The molecule has 6 heteroatoms. The summed E-state index contributed by atoms with van der Waals surface area (Å²) in [5.74, 6) is 2.57. The van der Waals surface area contributed by atoms with E-state index in [2.05, 4.69) is 26.1 Å². The van der Waals surface area contributed by atoms with E-state index >= 15 is 0 Å². The van der Waals surface area contributed by atoms with Crippen molar-refractivity contribution in [2.45, 2.75) is 19.3 Å². The van der Waals surface area contributed by atoms with Crippen molar-refractivity contribution in [3.63, 3.8) is 0 Å². The molecule has 3 rings (SSSR count). The first kappa shape index (κ1) is 18.6. The van der Waals surface area contributed by atoms with Crippen molar-refractivity contribution >= 4 is 34.2 Å². The fourth-order valence-corrected chi connectivity index (χ4v) is 3.58. The maximum absolute atomic E-state index is 12.2. The van der Waals surface area contributed by atoms with Crippen molar-refractivity contribution in [2.24, 2.45) is 11.8 Å². The number of nitrogens with zero attached hydrogens (tertiary/aromatic N) is 1. The third kappa shape index (κ3) is 5.10. The summed E-state index contributed by atoms with van der Waals surface area (Å²) < 4.78 is 6.73. The first-order valence-corrected chi connectivity index (χ1v) is 8.88. The van der Waals surface area contributed by atoms with E-state index < -0.39 is 0 Å². The third-order valence-electron chi connectivity index (χ3n) is 4.61. The fourth-order valence-electron chi connectivity index (χ4n) is 3.32. The molecule has 0 saturated carbocycles. The molecule has 0 bridgehead atoms. The monoisotopic (exact) mass is 402 g/mol. The summed E-state index contributed by atoms with van der Waals surface area (Å²) >= 11 is 3.40. The summed E-state index contributed by atoms with van der Waals surface area (Å²) in [7, 11) is 0. The molecule has 1 N–H and O–H groups in total. The summed E-state index contributed by atoms with van der Waals surface area (Å²) in [6, 6.07) is 7.84. The molecule has 0 radical (unpaired) electrons. The van der Waals surface area contributed by atoms with Crippen LogP contribution in [0.2, 0.25) is 0 Å². The molecule has 0 unspecified atom stereocenters. The molecule has 1 aromatic carbocycles. The van der Waals surface area contributed by atoms with Crippen LogP contribution in [0, 0.1) is 11.8 Å². The summed E-state index contributed by atoms with van der Waals surface area (Å²) in [5, 5.41) is 3.41. The van der Waals surface area contributed by atoms with Gasteiger partial charge in [-0.05, 0) is 48.9 Å². The van der Waals surface area contributed by atoms with E-state index in [-0.39, 0.29) is 12.4 Å². The van der Waals surface area contributed by atoms with Gasteiger partial charge in [-0.3, -0.25) is 4.79 Å². The van der Waals surface area contributed by atoms with Crippen LogP contribution < -0.4 is 10.1 Å². The SMILES string of the molecule is Cl.O=C(CCCCOc1ccc(Br)cc1)N1C[C@H]2CNC[C@H]2C1. The number of fused-ring (bicyclic) bond motifs is 1. The number of rotatable bonds is 6. The number of amides is 1. The zero-order valence-electron chi connectivity index (χ0n) is 13.2. The molecule has 4 nitrogen and oxygen atoms in total. The van der Waals surface area contributed by atoms with Gasteiger partial charge in [0.1, 0.15) is 5.75 Å². The lowest BCUT2D eigenvalue weighted by molar-refractivity contribution is -0.130. The summed E-state index contributed by atoms with van der Waals surface area (Å²) in [6.07, 6.45) is 2.47. The van der Waals surface area contributed by atoms with E-state index in [1.165, 1.54) is 0 Å². The predicted molar refractivity (Wildman–Crippen MR) is 97.2 cm³/mol. The molecule has 1 aromatic rings. The number of likely N-dealkylation sites (tertiary alicyclic amines) is 1. The third-order valence-corrected chi connectivity index (χ3v) is 5.14. The van der Waals surface area contributed by atoms with E-state index in [4.69, 9.17) is 4.74 Å². The molecule has 1 amide bonds. The van der Waals surface area contributed by atoms with Gasteiger partial charge < -0.3 is 15.0 Å². The highest BCUT2D eigenvalue weighted by Crippen LogP contribution is 2.26. The van der Waals surface area contributed by atoms with Gasteiger partial charge in [0.15, 0.2) is 0 Å². The molecule has 2 atom stereocenters. The van der Waals surface area contributed by atoms with E-state index in [0.29, 0.717) is 30.8 Å². The second-order valence-corrected chi connectivity index (χ2v) is 7.15. The number of hydrogen-bond donors (Lipinski definition) is 1. The Hall–Kier alpha value is -0.780. The number of nitrogens with one attached hydrogen (secondary N) is 1. The highest BCUT2D eigenvalue weighted by Gasteiger charge is 2.37. The van der Waals surface area contributed by atoms with E-state index in [0.717, 1.165) is 49.2 Å². The van der Waals surface area contributed by atoms with Gasteiger partial charge in [0.25, 0.3) is 0 Å². The summed E-state index contributed by atoms with van der Waals surface area (Å²) in [5.41, 5.74) is 0. The maximum atomic E-state index is 12.2. The minimum Gasteiger partial charge on any atom is -0.494 e. The van der Waals surface area contributed by atoms with Gasteiger partial charge in [-0.2, -0.15) is 0 Å². The Labute approximate surface area is 152 Å². The number of benzene rings is 1. The van der Waals surface area contributed by atoms with Crippen molar-refractivity contribution in [1.82, 2.24) is 10.2 Å². The predicted octanol–water partition coefficient (Wildman–Crippen LogP) is 3.10. The normalized spacial score (nSPS) is 22.6. The number of ether oxygens (including phenoxy) is 1. The minimum atomic E-state index is 0. The quantitative estimate of drug-likeness (QED) is 0.742. The molecule has 2 heterocycles. The molecular weight excluding hydrogens is 380 g/mol. The topological polar surface area (TPSA) is 41.6 Å². The highest BCUT2D eigenvalue weighted by molar-refractivity contribution is 9.10. The van der Waals surface area contributed by atoms with Gasteiger partial charge in [0.2, 0.25) is 5.91 Å². The lowest BCUT2D eigenvalue weighted by atomic mass is 10.0. The molecule has 2 aliphatic rings. The van der Waals surface area contributed by atoms with Crippen LogP contribution in [0.1, 0.15) is 19.3 Å². The minimum absolute atomic E-state index is 0. The van der Waals surface area contributed by atoms with Crippen molar-refractivity contribution in [3.8, 4) is 5.75 Å². The Morgan fingerprint density at radius 2 is 1.83 bits per heavy atom. The zero-order valence-corrected chi connectivity index (χ0v) is 15.6. The van der Waals surface area contributed by atoms with Gasteiger partial charge in [-0.1, -0.05) is 15.9 Å². The summed E-state index contributed by atoms with van der Waals surface area (Å²) in [6.45, 7) is 4.73. The Balaban J connectivity index is 0.00000192. The van der Waals surface area contributed by atoms with Crippen LogP contribution in [-0.2, 0) is 4.79 Å². The van der Waals surface area contributed by atoms with Gasteiger partial charge in [0, 0.05) is 37.1 Å². The Morgan fingerprint density at radius 1 is 1.17 bits per heavy atom. The zero-order chi connectivity index (χ0) is 15.4. The van der Waals surface area contributed by atoms with Crippen LogP contribution in [-0.4, -0.2) is 43.6 Å². The van der Waals surface area contributed by atoms with Gasteiger partial charge in [-0.25, -0.2) is 0 Å². The van der Waals surface area contributed by atoms with Crippen LogP contribution in [0.15, 0.2) is 28.7 Å². The lowest BCUT2D eigenvalue weighted by Crippen LogP contribution is -2.31. The maximum Gasteiger partial charge on any atom is 0.222 e. The van der Waals surface area contributed by atoms with Crippen molar-refractivity contribution < 1.29 is 9.53 Å². The number of carbonyl (C=O) groups excluding carboxylic acids is 1. The number of unbranched alkanes of at least 4 members (excludes halogenated alkanes) is 1. The number of hydrogen-bond acceptors (Lipinski definition) is 3. The Kier molecular flexibility index (Phi) is 7.18. The molecule has 2 saturated heterocycles. The Morgan fingerprint density at radius 3 is 2.48 bits per heavy atom. The van der Waals surface area contributed by atoms with E-state index in [1.807, 2.05) is 24.3 Å². The lowest BCUT2D eigenvalue weighted by Gasteiger charge is -2.17. The molecule has 0 aliphatic carbocycles. The molecule has 23 heavy (non-hydrogen) atoms. The Bertz CT molecular complexity index is 500. The first-order valence-electron chi connectivity index (χ1n) is 8.09. The molecule has 0 aromatic heterocycles. The molecule has 128 valence electrons. The standard InChI is InChI=1S/C17H23BrN2O2.ClH/c18-15-4-6-16(7-5-15)22-8-2-1-3-17(21)20-11-13-9-19-10-14(13)12-20;/h4-7,13-14,19H,1-3,8-12H2;1H/t13-,14+;. The molecule has 2 fully saturated rings. The van der Waals surface area contributed by atoms with Gasteiger partial charge in [-0.15, -0.1) is 12.4 Å². The molecule has 0 spiro atoms. The largest absolute Gasteiger partial charge is 0.494 e. The second-order valence-electron chi connectivity index (χ2n) is 6.24. The van der Waals surface area contributed by atoms with E-state index in [9.17, 15) is 4.79 Å². The van der Waals surface area contributed by atoms with E-state index in [1.54, 1.807) is 0 Å². The van der Waals surface area contributed by atoms with Crippen molar-refractivity contribution in [2.75, 3.05) is 32.8 Å². The van der Waals surface area contributed by atoms with Crippen LogP contribution in [0.4, 0.5) is 0 Å². The van der Waals surface area contributed by atoms with Crippen molar-refractivity contribution in [1.29, 1.82) is 0 Å². The average molecular weight is 404 g/mol. The highest BCUT2D eigenvalue weighted by atomic mass is 79.9. The van der Waals surface area contributed by atoms with Crippen molar-refractivity contribution in [3.05, 3.63) is 28.7 Å². The van der Waals surface area contributed by atoms with Gasteiger partial charge in [0.05, 0.1) is 6.61 Å². The van der Waals surface area contributed by atoms with Crippen LogP contribution in [0.5, 0.6) is 5.75 Å². The number of carbonyl (C=O) groups is 1. The first-order chi connectivity index (χ1) is 10.7.